The molecule has 0 N–H and O–H groups in total. The summed E-state index contributed by atoms with van der Waals surface area (Å²) >= 11 is 5.84. The van der Waals surface area contributed by atoms with Crippen molar-refractivity contribution in [1.82, 2.24) is 4.90 Å². The zero-order valence-electron chi connectivity index (χ0n) is 16.4. The monoisotopic (exact) mass is 457 g/mol. The van der Waals surface area contributed by atoms with Crippen LogP contribution in [0.2, 0.25) is 5.02 Å². The Morgan fingerprint density at radius 3 is 2.23 bits per heavy atom. The molecule has 2 aromatic carbocycles. The van der Waals surface area contributed by atoms with Gasteiger partial charge in [0.25, 0.3) is 0 Å². The van der Waals surface area contributed by atoms with E-state index in [1.807, 2.05) is 0 Å². The van der Waals surface area contributed by atoms with E-state index >= 15 is 0 Å². The number of hydrogen-bond donors (Lipinski definition) is 0. The third-order valence-corrected chi connectivity index (χ3v) is 7.66. The van der Waals surface area contributed by atoms with Gasteiger partial charge in [0.1, 0.15) is 16.9 Å². The summed E-state index contributed by atoms with van der Waals surface area (Å²) in [5.74, 6) is -2.87. The van der Waals surface area contributed by atoms with E-state index in [9.17, 15) is 22.0 Å². The van der Waals surface area contributed by atoms with Crippen LogP contribution in [0.1, 0.15) is 30.6 Å². The Labute approximate surface area is 179 Å². The lowest BCUT2D eigenvalue weighted by Gasteiger charge is -2.26. The van der Waals surface area contributed by atoms with Crippen molar-refractivity contribution in [3.63, 3.8) is 0 Å². The van der Waals surface area contributed by atoms with E-state index in [0.29, 0.717) is 18.1 Å². The summed E-state index contributed by atoms with van der Waals surface area (Å²) in [4.78, 5) is 13.6. The Hall–Kier alpha value is -2.19. The topological polar surface area (TPSA) is 63.7 Å². The Bertz CT molecular complexity index is 988. The van der Waals surface area contributed by atoms with Crippen LogP contribution >= 0.6 is 11.6 Å². The van der Waals surface area contributed by atoms with Gasteiger partial charge in [-0.15, -0.1) is 0 Å². The summed E-state index contributed by atoms with van der Waals surface area (Å²) in [6.07, 6.45) is 1.19. The van der Waals surface area contributed by atoms with Crippen LogP contribution in [0, 0.1) is 17.6 Å². The average molecular weight is 458 g/mol. The highest BCUT2D eigenvalue weighted by molar-refractivity contribution is 7.91. The number of benzene rings is 2. The van der Waals surface area contributed by atoms with Gasteiger partial charge in [-0.2, -0.15) is 0 Å². The molecule has 0 radical (unpaired) electrons. The predicted octanol–water partition coefficient (Wildman–Crippen LogP) is 5.00. The van der Waals surface area contributed by atoms with Crippen molar-refractivity contribution >= 4 is 27.5 Å². The first kappa shape index (κ1) is 22.5. The van der Waals surface area contributed by atoms with E-state index < -0.39 is 44.3 Å². The van der Waals surface area contributed by atoms with E-state index in [1.165, 1.54) is 36.1 Å². The van der Waals surface area contributed by atoms with Gasteiger partial charge in [-0.1, -0.05) is 24.6 Å². The molecule has 1 saturated heterocycles. The predicted molar refractivity (Wildman–Crippen MR) is 109 cm³/mol. The standard InChI is InChI=1S/C21H22ClF2NO4S/c1-14(13-29-21(26)25-11-2-3-12-25)20(19-17(23)5-4-6-18(19)24)30(27,28)16-9-7-15(22)8-10-16/h4-10,14,20H,2-3,11-13H2,1H3/t14-,20-/m1/s1. The summed E-state index contributed by atoms with van der Waals surface area (Å²) in [6, 6.07) is 8.52. The molecule has 1 heterocycles. The number of carbonyl (C=O) groups is 1. The second-order valence-electron chi connectivity index (χ2n) is 7.30. The smallest absolute Gasteiger partial charge is 0.409 e. The number of halogens is 3. The molecule has 2 aromatic rings. The van der Waals surface area contributed by atoms with Gasteiger partial charge in [-0.05, 0) is 49.2 Å². The molecule has 9 heteroatoms. The lowest BCUT2D eigenvalue weighted by atomic mass is 10.00. The van der Waals surface area contributed by atoms with Crippen LogP contribution in [0.4, 0.5) is 13.6 Å². The van der Waals surface area contributed by atoms with Crippen LogP contribution in [0.5, 0.6) is 0 Å². The van der Waals surface area contributed by atoms with Gasteiger partial charge in [0.2, 0.25) is 0 Å². The van der Waals surface area contributed by atoms with E-state index in [2.05, 4.69) is 0 Å². The minimum atomic E-state index is -4.23. The molecule has 1 aliphatic rings. The minimum Gasteiger partial charge on any atom is -0.449 e. The molecule has 1 aliphatic heterocycles. The van der Waals surface area contributed by atoms with E-state index in [1.54, 1.807) is 0 Å². The molecule has 162 valence electrons. The number of carbonyl (C=O) groups excluding carboxylic acids is 1. The molecule has 3 rings (SSSR count). The third kappa shape index (κ3) is 4.75. The summed E-state index contributed by atoms with van der Waals surface area (Å²) in [5, 5.41) is -1.26. The largest absolute Gasteiger partial charge is 0.449 e. The summed E-state index contributed by atoms with van der Waals surface area (Å²) < 4.78 is 61.2. The second kappa shape index (κ2) is 9.31. The molecule has 0 unspecified atom stereocenters. The molecular formula is C21H22ClF2NO4S. The summed E-state index contributed by atoms with van der Waals surface area (Å²) in [5.41, 5.74) is -0.572. The van der Waals surface area contributed by atoms with E-state index in [4.69, 9.17) is 16.3 Å². The van der Waals surface area contributed by atoms with Crippen molar-refractivity contribution in [2.45, 2.75) is 29.9 Å². The first-order valence-corrected chi connectivity index (χ1v) is 11.5. The van der Waals surface area contributed by atoms with Gasteiger partial charge in [0.15, 0.2) is 9.84 Å². The molecule has 30 heavy (non-hydrogen) atoms. The molecule has 0 aromatic heterocycles. The summed E-state index contributed by atoms with van der Waals surface area (Å²) in [7, 11) is -4.23. The molecular weight excluding hydrogens is 436 g/mol. The lowest BCUT2D eigenvalue weighted by molar-refractivity contribution is 0.0959. The summed E-state index contributed by atoms with van der Waals surface area (Å²) in [6.45, 7) is 2.32. The van der Waals surface area contributed by atoms with E-state index in [-0.39, 0.29) is 11.5 Å². The van der Waals surface area contributed by atoms with Crippen LogP contribution in [0.3, 0.4) is 0 Å². The van der Waals surface area contributed by atoms with Crippen LogP contribution < -0.4 is 0 Å². The quantitative estimate of drug-likeness (QED) is 0.612. The molecule has 0 bridgehead atoms. The maximum Gasteiger partial charge on any atom is 0.409 e. The van der Waals surface area contributed by atoms with Crippen molar-refractivity contribution < 1.29 is 26.7 Å². The number of hydrogen-bond acceptors (Lipinski definition) is 4. The molecule has 2 atom stereocenters. The normalized spacial score (nSPS) is 16.3. The minimum absolute atomic E-state index is 0.128. The average Bonchev–Trinajstić information content (AvgIpc) is 3.24. The number of amides is 1. The number of nitrogens with zero attached hydrogens (tertiary/aromatic N) is 1. The third-order valence-electron chi connectivity index (χ3n) is 5.11. The molecule has 1 amide bonds. The highest BCUT2D eigenvalue weighted by Crippen LogP contribution is 2.38. The molecule has 0 saturated carbocycles. The number of sulfone groups is 1. The maximum absolute atomic E-state index is 14.6. The number of ether oxygens (including phenoxy) is 1. The van der Waals surface area contributed by atoms with Crippen molar-refractivity contribution in [3.05, 3.63) is 64.7 Å². The zero-order valence-corrected chi connectivity index (χ0v) is 17.9. The lowest BCUT2D eigenvalue weighted by Crippen LogP contribution is -2.32. The highest BCUT2D eigenvalue weighted by atomic mass is 35.5. The van der Waals surface area contributed by atoms with Gasteiger partial charge in [-0.25, -0.2) is 22.0 Å². The van der Waals surface area contributed by atoms with Gasteiger partial charge in [-0.3, -0.25) is 0 Å². The van der Waals surface area contributed by atoms with Gasteiger partial charge in [0.05, 0.1) is 11.5 Å². The molecule has 0 spiro atoms. The fraction of sp³-hybridized carbons (Fsp3) is 0.381. The Morgan fingerprint density at radius 1 is 1.10 bits per heavy atom. The van der Waals surface area contributed by atoms with Crippen molar-refractivity contribution in [2.24, 2.45) is 5.92 Å². The molecule has 0 aliphatic carbocycles. The van der Waals surface area contributed by atoms with Gasteiger partial charge in [0, 0.05) is 29.6 Å². The molecule has 1 fully saturated rings. The zero-order chi connectivity index (χ0) is 21.9. The molecule has 5 nitrogen and oxygen atoms in total. The van der Waals surface area contributed by atoms with Crippen molar-refractivity contribution in [3.8, 4) is 0 Å². The van der Waals surface area contributed by atoms with Crippen LogP contribution in [0.15, 0.2) is 47.4 Å². The highest BCUT2D eigenvalue weighted by Gasteiger charge is 2.38. The Morgan fingerprint density at radius 2 is 1.67 bits per heavy atom. The second-order valence-corrected chi connectivity index (χ2v) is 9.81. The van der Waals surface area contributed by atoms with Crippen molar-refractivity contribution in [2.75, 3.05) is 19.7 Å². The number of likely N-dealkylation sites (tertiary alicyclic amines) is 1. The SMILES string of the molecule is C[C@H](COC(=O)N1CCCC1)[C@H](c1c(F)cccc1F)S(=O)(=O)c1ccc(Cl)cc1. The van der Waals surface area contributed by atoms with Gasteiger partial charge >= 0.3 is 6.09 Å². The van der Waals surface area contributed by atoms with Crippen LogP contribution in [-0.4, -0.2) is 39.1 Å². The fourth-order valence-corrected chi connectivity index (χ4v) is 5.74. The van der Waals surface area contributed by atoms with Crippen molar-refractivity contribution in [1.29, 1.82) is 0 Å². The first-order chi connectivity index (χ1) is 14.2. The van der Waals surface area contributed by atoms with Crippen LogP contribution in [0.25, 0.3) is 0 Å². The fourth-order valence-electron chi connectivity index (χ4n) is 3.58. The number of rotatable bonds is 6. The first-order valence-electron chi connectivity index (χ1n) is 9.57. The van der Waals surface area contributed by atoms with Crippen LogP contribution in [-0.2, 0) is 14.6 Å². The van der Waals surface area contributed by atoms with Gasteiger partial charge < -0.3 is 9.64 Å². The Kier molecular flexibility index (Phi) is 6.98. The Balaban J connectivity index is 1.95. The maximum atomic E-state index is 14.6. The van der Waals surface area contributed by atoms with E-state index in [0.717, 1.165) is 31.0 Å².